The molecule has 2 amide bonds. The maximum Gasteiger partial charge on any atom is 0.268 e. The number of carbonyl (C=O) groups excluding carboxylic acids is 2. The second-order valence-electron chi connectivity index (χ2n) is 8.43. The highest BCUT2D eigenvalue weighted by molar-refractivity contribution is 7.17. The first kappa shape index (κ1) is 21.5. The van der Waals surface area contributed by atoms with E-state index in [1.54, 1.807) is 0 Å². The van der Waals surface area contributed by atoms with Crippen LogP contribution < -0.4 is 21.3 Å². The Kier molecular flexibility index (Phi) is 6.40. The molecule has 4 rings (SSSR count). The van der Waals surface area contributed by atoms with Gasteiger partial charge in [0, 0.05) is 29.9 Å². The molecule has 3 aliphatic rings. The van der Waals surface area contributed by atoms with Gasteiger partial charge in [0.1, 0.15) is 10.1 Å². The fourth-order valence-corrected chi connectivity index (χ4v) is 5.04. The largest absolute Gasteiger partial charge is 0.352 e. The van der Waals surface area contributed by atoms with Gasteiger partial charge in [-0.2, -0.15) is 0 Å². The van der Waals surface area contributed by atoms with Crippen LogP contribution in [0.15, 0.2) is 5.10 Å². The third kappa shape index (κ3) is 5.52. The number of guanidine groups is 1. The first-order chi connectivity index (χ1) is 14.9. The number of fused-ring (bicyclic) bond motifs is 1. The number of thiophene rings is 1. The molecule has 31 heavy (non-hydrogen) atoms. The van der Waals surface area contributed by atoms with E-state index in [2.05, 4.69) is 26.4 Å². The minimum Gasteiger partial charge on any atom is -0.352 e. The van der Waals surface area contributed by atoms with Crippen molar-refractivity contribution in [2.75, 3.05) is 18.4 Å². The van der Waals surface area contributed by atoms with Gasteiger partial charge < -0.3 is 21.3 Å². The summed E-state index contributed by atoms with van der Waals surface area (Å²) in [4.78, 5) is 37.4. The fourth-order valence-electron chi connectivity index (χ4n) is 3.80. The average molecular weight is 449 g/mol. The number of rotatable bonds is 8. The van der Waals surface area contributed by atoms with Gasteiger partial charge in [0.15, 0.2) is 5.03 Å². The number of nitrogens with one attached hydrogen (secondary N) is 4. The van der Waals surface area contributed by atoms with E-state index in [4.69, 9.17) is 0 Å². The number of amides is 2. The lowest BCUT2D eigenvalue weighted by atomic mass is 9.91. The summed E-state index contributed by atoms with van der Waals surface area (Å²) in [7, 11) is 0. The molecule has 0 saturated heterocycles. The van der Waals surface area contributed by atoms with E-state index >= 15 is 0 Å². The summed E-state index contributed by atoms with van der Waals surface area (Å²) in [6.45, 7) is 3.00. The smallest absolute Gasteiger partial charge is 0.268 e. The number of hydrogen-bond donors (Lipinski definition) is 4. The van der Waals surface area contributed by atoms with Crippen molar-refractivity contribution in [2.24, 2.45) is 16.9 Å². The predicted octanol–water partition coefficient (Wildman–Crippen LogP) is 1.84. The van der Waals surface area contributed by atoms with E-state index in [1.807, 2.05) is 6.92 Å². The maximum atomic E-state index is 13.1. The third-order valence-electron chi connectivity index (χ3n) is 5.79. The van der Waals surface area contributed by atoms with Gasteiger partial charge in [-0.1, -0.05) is 0 Å². The molecule has 2 saturated carbocycles. The summed E-state index contributed by atoms with van der Waals surface area (Å²) in [6.07, 6.45) is 6.11. The van der Waals surface area contributed by atoms with Crippen LogP contribution in [-0.4, -0.2) is 41.9 Å². The second kappa shape index (κ2) is 9.21. The molecule has 0 spiro atoms. The van der Waals surface area contributed by atoms with Crippen LogP contribution in [0, 0.1) is 22.0 Å². The van der Waals surface area contributed by atoms with Gasteiger partial charge in [0.2, 0.25) is 5.91 Å². The topological polar surface area (TPSA) is 138 Å². The SMILES string of the molecule is CCN/C(=N\[N+](=O)[O-])N[C@H]1CCc2sc(NC(=O)C3CC3)c(C(=O)NCC3CC3)c2C1. The van der Waals surface area contributed by atoms with Crippen LogP contribution in [0.25, 0.3) is 0 Å². The van der Waals surface area contributed by atoms with Gasteiger partial charge in [-0.05, 0) is 63.4 Å². The lowest BCUT2D eigenvalue weighted by Crippen LogP contribution is -2.46. The number of nitrogens with zero attached hydrogens (tertiary/aromatic N) is 2. The molecule has 10 nitrogen and oxygen atoms in total. The van der Waals surface area contributed by atoms with Crippen molar-refractivity contribution in [3.63, 3.8) is 0 Å². The highest BCUT2D eigenvalue weighted by Crippen LogP contribution is 2.40. The van der Waals surface area contributed by atoms with Gasteiger partial charge in [-0.15, -0.1) is 11.3 Å². The summed E-state index contributed by atoms with van der Waals surface area (Å²) >= 11 is 1.48. The molecule has 168 valence electrons. The van der Waals surface area contributed by atoms with Gasteiger partial charge in [-0.3, -0.25) is 9.59 Å². The Balaban J connectivity index is 1.54. The second-order valence-corrected chi connectivity index (χ2v) is 9.53. The Morgan fingerprint density at radius 3 is 2.61 bits per heavy atom. The minimum atomic E-state index is -0.730. The number of nitro groups is 1. The molecule has 2 fully saturated rings. The molecular formula is C20H28N6O4S. The summed E-state index contributed by atoms with van der Waals surface area (Å²) < 4.78 is 0. The monoisotopic (exact) mass is 448 g/mol. The molecular weight excluding hydrogens is 420 g/mol. The summed E-state index contributed by atoms with van der Waals surface area (Å²) in [5.74, 6) is 0.563. The number of hydrogen-bond acceptors (Lipinski definition) is 5. The maximum absolute atomic E-state index is 13.1. The Morgan fingerprint density at radius 2 is 1.97 bits per heavy atom. The standard InChI is InChI=1S/C20H28N6O4S/c1-2-21-20(25-26(29)30)23-13-7-8-15-14(9-13)16(18(28)22-10-11-3-4-11)19(31-15)24-17(27)12-5-6-12/h11-13H,2-10H2,1H3,(H,22,28)(H,24,27)(H2,21,23,25)/t13-/m0/s1. The first-order valence-corrected chi connectivity index (χ1v) is 11.7. The molecule has 11 heteroatoms. The molecule has 4 N–H and O–H groups in total. The molecule has 0 radical (unpaired) electrons. The molecule has 3 aliphatic carbocycles. The van der Waals surface area contributed by atoms with Crippen LogP contribution in [0.5, 0.6) is 0 Å². The van der Waals surface area contributed by atoms with Crippen LogP contribution in [0.2, 0.25) is 0 Å². The molecule has 0 aliphatic heterocycles. The summed E-state index contributed by atoms with van der Waals surface area (Å²) in [5.41, 5.74) is 1.47. The number of carbonyl (C=O) groups is 2. The lowest BCUT2D eigenvalue weighted by molar-refractivity contribution is -0.485. The summed E-state index contributed by atoms with van der Waals surface area (Å²) in [5, 5.41) is 26.1. The molecule has 1 aromatic heterocycles. The van der Waals surface area contributed by atoms with Crippen LogP contribution in [0.4, 0.5) is 5.00 Å². The Labute approximate surface area is 184 Å². The van der Waals surface area contributed by atoms with Crippen molar-refractivity contribution in [1.29, 1.82) is 0 Å². The predicted molar refractivity (Wildman–Crippen MR) is 118 cm³/mol. The van der Waals surface area contributed by atoms with Crippen molar-refractivity contribution >= 4 is 34.1 Å². The number of hydrazone groups is 1. The number of aryl methyl sites for hydroxylation is 1. The Morgan fingerprint density at radius 1 is 1.19 bits per heavy atom. The molecule has 0 bridgehead atoms. The van der Waals surface area contributed by atoms with Gasteiger partial charge >= 0.3 is 0 Å². The van der Waals surface area contributed by atoms with Crippen molar-refractivity contribution in [2.45, 2.75) is 57.9 Å². The normalized spacial score (nSPS) is 20.5. The van der Waals surface area contributed by atoms with Crippen molar-refractivity contribution in [3.8, 4) is 0 Å². The van der Waals surface area contributed by atoms with Crippen molar-refractivity contribution in [1.82, 2.24) is 16.0 Å². The molecule has 0 aromatic carbocycles. The Bertz CT molecular complexity index is 906. The lowest BCUT2D eigenvalue weighted by Gasteiger charge is -2.25. The molecule has 1 aromatic rings. The zero-order valence-electron chi connectivity index (χ0n) is 17.5. The third-order valence-corrected chi connectivity index (χ3v) is 7.00. The van der Waals surface area contributed by atoms with E-state index in [9.17, 15) is 19.7 Å². The zero-order valence-corrected chi connectivity index (χ0v) is 18.3. The van der Waals surface area contributed by atoms with E-state index in [0.29, 0.717) is 36.0 Å². The van der Waals surface area contributed by atoms with E-state index < -0.39 is 5.03 Å². The highest BCUT2D eigenvalue weighted by Gasteiger charge is 2.34. The van der Waals surface area contributed by atoms with Gasteiger partial charge in [-0.25, -0.2) is 10.1 Å². The van der Waals surface area contributed by atoms with E-state index in [1.165, 1.54) is 11.3 Å². The highest BCUT2D eigenvalue weighted by atomic mass is 32.1. The van der Waals surface area contributed by atoms with E-state index in [-0.39, 0.29) is 29.7 Å². The minimum absolute atomic E-state index is 0.0166. The number of anilines is 1. The quantitative estimate of drug-likeness (QED) is 0.207. The molecule has 1 atom stereocenters. The van der Waals surface area contributed by atoms with Crippen molar-refractivity contribution < 1.29 is 14.6 Å². The van der Waals surface area contributed by atoms with Gasteiger partial charge in [0.05, 0.1) is 5.56 Å². The van der Waals surface area contributed by atoms with Gasteiger partial charge in [0.25, 0.3) is 11.9 Å². The first-order valence-electron chi connectivity index (χ1n) is 10.9. The fraction of sp³-hybridized carbons (Fsp3) is 0.650. The molecule has 1 heterocycles. The summed E-state index contributed by atoms with van der Waals surface area (Å²) in [6, 6.07) is -0.0955. The van der Waals surface area contributed by atoms with E-state index in [0.717, 1.165) is 49.0 Å². The van der Waals surface area contributed by atoms with Crippen molar-refractivity contribution in [3.05, 3.63) is 26.1 Å². The van der Waals surface area contributed by atoms with Crippen LogP contribution in [-0.2, 0) is 17.6 Å². The van der Waals surface area contributed by atoms with Crippen LogP contribution in [0.1, 0.15) is 59.8 Å². The molecule has 0 unspecified atom stereocenters. The Hall–Kier alpha value is -2.69. The zero-order chi connectivity index (χ0) is 22.0. The van der Waals surface area contributed by atoms with Crippen LogP contribution >= 0.6 is 11.3 Å². The van der Waals surface area contributed by atoms with Crippen LogP contribution in [0.3, 0.4) is 0 Å². The average Bonchev–Trinajstić information content (AvgIpc) is 3.62.